The van der Waals surface area contributed by atoms with Gasteiger partial charge in [0.05, 0.1) is 6.04 Å². The first-order valence-corrected chi connectivity index (χ1v) is 15.7. The van der Waals surface area contributed by atoms with Gasteiger partial charge in [-0.15, -0.1) is 0 Å². The van der Waals surface area contributed by atoms with Crippen LogP contribution in [0.2, 0.25) is 0 Å². The monoisotopic (exact) mass is 559 g/mol. The number of benzene rings is 2. The van der Waals surface area contributed by atoms with Crippen LogP contribution in [0.1, 0.15) is 92.7 Å². The average molecular weight is 560 g/mol. The number of rotatable bonds is 13. The van der Waals surface area contributed by atoms with E-state index in [9.17, 15) is 19.5 Å². The Labute approximate surface area is 256 Å². The average Bonchev–Trinajstić information content (AvgIpc) is 2.94. The molecule has 3 rings (SSSR count). The predicted molar refractivity (Wildman–Crippen MR) is 160 cm³/mol. The molecule has 2 aromatic rings. The van der Waals surface area contributed by atoms with Crippen molar-refractivity contribution in [2.75, 3.05) is 12.0 Å². The van der Waals surface area contributed by atoms with Gasteiger partial charge in [-0.2, -0.15) is 11.8 Å². The van der Waals surface area contributed by atoms with Crippen LogP contribution in [-0.4, -0.2) is 40.9 Å². The first-order chi connectivity index (χ1) is 18.7. The van der Waals surface area contributed by atoms with Crippen molar-refractivity contribution in [2.24, 2.45) is 11.8 Å². The smallest absolute Gasteiger partial charge is 0.480 e. The maximum atomic E-state index is 13.4. The van der Waals surface area contributed by atoms with Crippen LogP contribution in [-0.2, 0) is 9.59 Å². The number of aryl methyl sites for hydroxylation is 1. The molecule has 2 aromatic carbocycles. The van der Waals surface area contributed by atoms with E-state index in [0.717, 1.165) is 35.1 Å². The molecule has 1 saturated carbocycles. The van der Waals surface area contributed by atoms with E-state index < -0.39 is 17.9 Å². The van der Waals surface area contributed by atoms with Crippen LogP contribution in [0.4, 0.5) is 0 Å². The SMILES string of the molecule is CCC(CC1CCCCC1)C(=O)NC(C)c1ccc(C(=O)NC(CCSC)C(=O)O)c(-c2ccccc2C)c1.[Li+]. The normalized spacial score (nSPS) is 15.8. The fraction of sp³-hybridized carbons (Fsp3) is 0.531. The molecule has 0 aromatic heterocycles. The van der Waals surface area contributed by atoms with Crippen molar-refractivity contribution in [3.63, 3.8) is 0 Å². The summed E-state index contributed by atoms with van der Waals surface area (Å²) in [4.78, 5) is 38.4. The molecule has 8 heteroatoms. The summed E-state index contributed by atoms with van der Waals surface area (Å²) in [6, 6.07) is 12.2. The van der Waals surface area contributed by atoms with E-state index in [1.165, 1.54) is 32.1 Å². The second kappa shape index (κ2) is 16.9. The molecule has 0 radical (unpaired) electrons. The first kappa shape index (κ1) is 34.0. The van der Waals surface area contributed by atoms with Crippen LogP contribution in [0.25, 0.3) is 11.1 Å². The molecule has 40 heavy (non-hydrogen) atoms. The third-order valence-electron chi connectivity index (χ3n) is 8.00. The molecule has 3 atom stereocenters. The van der Waals surface area contributed by atoms with Crippen molar-refractivity contribution in [1.29, 1.82) is 0 Å². The summed E-state index contributed by atoms with van der Waals surface area (Å²) in [6.07, 6.45) is 10.3. The zero-order valence-corrected chi connectivity index (χ0v) is 25.6. The molecule has 3 N–H and O–H groups in total. The number of carbonyl (C=O) groups is 3. The molecule has 0 heterocycles. The standard InChI is InChI=1S/C32H44N2O4S.Li/c1-5-24(19-23-12-7-6-8-13-23)30(35)33-22(3)25-15-16-27(28(20-25)26-14-10-9-11-21(26)2)31(36)34-29(32(37)38)17-18-39-4;/h9-11,14-16,20,22-24,29H,5-8,12-13,17-19H2,1-4H3,(H,33,35)(H,34,36)(H,37,38);/q;+1. The number of aliphatic carboxylic acids is 1. The number of hydrogen-bond acceptors (Lipinski definition) is 4. The van der Waals surface area contributed by atoms with E-state index in [1.807, 2.05) is 56.5 Å². The van der Waals surface area contributed by atoms with Crippen molar-refractivity contribution >= 4 is 29.5 Å². The van der Waals surface area contributed by atoms with Crippen molar-refractivity contribution in [1.82, 2.24) is 10.6 Å². The Morgan fingerprint density at radius 3 is 2.35 bits per heavy atom. The minimum absolute atomic E-state index is 0. The van der Waals surface area contributed by atoms with E-state index in [-0.39, 0.29) is 36.7 Å². The summed E-state index contributed by atoms with van der Waals surface area (Å²) in [5.74, 6) is -0.0817. The molecule has 6 nitrogen and oxygen atoms in total. The molecule has 0 aliphatic heterocycles. The Bertz CT molecular complexity index is 1140. The topological polar surface area (TPSA) is 95.5 Å². The Morgan fingerprint density at radius 2 is 1.73 bits per heavy atom. The maximum absolute atomic E-state index is 13.4. The largest absolute Gasteiger partial charge is 1.00 e. The van der Waals surface area contributed by atoms with Gasteiger partial charge in [0, 0.05) is 11.5 Å². The molecule has 1 aliphatic carbocycles. The Kier molecular flexibility index (Phi) is 14.4. The van der Waals surface area contributed by atoms with Crippen LogP contribution >= 0.6 is 11.8 Å². The summed E-state index contributed by atoms with van der Waals surface area (Å²) in [5.41, 5.74) is 3.97. The molecule has 0 saturated heterocycles. The fourth-order valence-electron chi connectivity index (χ4n) is 5.56. The van der Waals surface area contributed by atoms with Gasteiger partial charge in [0.15, 0.2) is 0 Å². The van der Waals surface area contributed by atoms with Crippen LogP contribution in [0, 0.1) is 18.8 Å². The molecule has 3 unspecified atom stereocenters. The number of carboxylic acid groups (broad SMARTS) is 1. The quantitative estimate of drug-likeness (QED) is 0.325. The van der Waals surface area contributed by atoms with E-state index in [0.29, 0.717) is 23.7 Å². The van der Waals surface area contributed by atoms with Gasteiger partial charge >= 0.3 is 24.8 Å². The molecule has 2 amide bonds. The number of thioether (sulfide) groups is 1. The Balaban J connectivity index is 0.00000560. The van der Waals surface area contributed by atoms with Gasteiger partial charge in [0.1, 0.15) is 6.04 Å². The minimum atomic E-state index is -1.04. The maximum Gasteiger partial charge on any atom is 1.00 e. The summed E-state index contributed by atoms with van der Waals surface area (Å²) < 4.78 is 0. The van der Waals surface area contributed by atoms with Gasteiger partial charge in [-0.05, 0) is 85.4 Å². The summed E-state index contributed by atoms with van der Waals surface area (Å²) >= 11 is 1.55. The number of amides is 2. The third kappa shape index (κ3) is 9.43. The molecular formula is C32H44LiN2O4S+. The van der Waals surface area contributed by atoms with Crippen LogP contribution in [0.3, 0.4) is 0 Å². The summed E-state index contributed by atoms with van der Waals surface area (Å²) in [6.45, 7) is 6.06. The van der Waals surface area contributed by atoms with Gasteiger partial charge in [-0.25, -0.2) is 4.79 Å². The van der Waals surface area contributed by atoms with Crippen molar-refractivity contribution in [3.8, 4) is 11.1 Å². The van der Waals surface area contributed by atoms with Gasteiger partial charge < -0.3 is 15.7 Å². The summed E-state index contributed by atoms with van der Waals surface area (Å²) in [5, 5.41) is 15.6. The van der Waals surface area contributed by atoms with E-state index in [1.54, 1.807) is 17.8 Å². The van der Waals surface area contributed by atoms with Gasteiger partial charge in [-0.3, -0.25) is 9.59 Å². The molecule has 0 bridgehead atoms. The number of carboxylic acids is 1. The van der Waals surface area contributed by atoms with E-state index in [4.69, 9.17) is 0 Å². The van der Waals surface area contributed by atoms with Crippen molar-refractivity contribution in [2.45, 2.75) is 84.2 Å². The van der Waals surface area contributed by atoms with Crippen LogP contribution in [0.5, 0.6) is 0 Å². The van der Waals surface area contributed by atoms with E-state index >= 15 is 0 Å². The van der Waals surface area contributed by atoms with Crippen LogP contribution < -0.4 is 29.5 Å². The molecule has 1 aliphatic rings. The van der Waals surface area contributed by atoms with Crippen LogP contribution in [0.15, 0.2) is 42.5 Å². The number of nitrogens with one attached hydrogen (secondary N) is 2. The van der Waals surface area contributed by atoms with E-state index in [2.05, 4.69) is 17.6 Å². The second-order valence-corrected chi connectivity index (χ2v) is 11.8. The predicted octanol–water partition coefficient (Wildman–Crippen LogP) is 3.78. The van der Waals surface area contributed by atoms with Gasteiger partial charge in [0.25, 0.3) is 5.91 Å². The first-order valence-electron chi connectivity index (χ1n) is 14.3. The molecule has 1 fully saturated rings. The molecule has 0 spiro atoms. The zero-order chi connectivity index (χ0) is 28.4. The fourth-order valence-corrected chi connectivity index (χ4v) is 6.03. The number of hydrogen-bond donors (Lipinski definition) is 3. The second-order valence-electron chi connectivity index (χ2n) is 10.8. The van der Waals surface area contributed by atoms with Gasteiger partial charge in [0.2, 0.25) is 5.91 Å². The van der Waals surface area contributed by atoms with Gasteiger partial charge in [-0.1, -0.05) is 69.4 Å². The summed E-state index contributed by atoms with van der Waals surface area (Å²) in [7, 11) is 0. The Hall–Kier alpha value is -2.20. The molecule has 212 valence electrons. The zero-order valence-electron chi connectivity index (χ0n) is 24.8. The minimum Gasteiger partial charge on any atom is -0.480 e. The van der Waals surface area contributed by atoms with Crippen molar-refractivity contribution < 1.29 is 38.4 Å². The number of carbonyl (C=O) groups excluding carboxylic acids is 2. The Morgan fingerprint density at radius 1 is 1.02 bits per heavy atom. The molecular weight excluding hydrogens is 515 g/mol. The third-order valence-corrected chi connectivity index (χ3v) is 8.65. The van der Waals surface area contributed by atoms with Crippen molar-refractivity contribution in [3.05, 3.63) is 59.2 Å².